The van der Waals surface area contributed by atoms with E-state index in [1.54, 1.807) is 13.0 Å². The first-order valence-electron chi connectivity index (χ1n) is 5.75. The van der Waals surface area contributed by atoms with Crippen molar-refractivity contribution in [3.63, 3.8) is 0 Å². The van der Waals surface area contributed by atoms with E-state index in [4.69, 9.17) is 5.73 Å². The molecule has 1 aliphatic rings. The minimum Gasteiger partial charge on any atom is -0.398 e. The lowest BCUT2D eigenvalue weighted by atomic mass is 10.1. The van der Waals surface area contributed by atoms with Crippen LogP contribution in [0.5, 0.6) is 0 Å². The molecule has 0 saturated heterocycles. The van der Waals surface area contributed by atoms with Crippen molar-refractivity contribution in [2.75, 3.05) is 11.1 Å². The molecule has 3 heteroatoms. The van der Waals surface area contributed by atoms with Gasteiger partial charge >= 0.3 is 0 Å². The van der Waals surface area contributed by atoms with E-state index in [2.05, 4.69) is 12.2 Å². The summed E-state index contributed by atoms with van der Waals surface area (Å²) in [6.07, 6.45) is 2.62. The normalized spacial score (nSPS) is 16.9. The van der Waals surface area contributed by atoms with Gasteiger partial charge < -0.3 is 11.1 Å². The quantitative estimate of drug-likeness (QED) is 0.603. The van der Waals surface area contributed by atoms with Crippen LogP contribution >= 0.6 is 0 Å². The van der Waals surface area contributed by atoms with Gasteiger partial charge in [-0.2, -0.15) is 0 Å². The molecule has 86 valence electrons. The molecule has 0 radical (unpaired) electrons. The topological polar surface area (TPSA) is 55.1 Å². The van der Waals surface area contributed by atoms with Crippen molar-refractivity contribution in [2.24, 2.45) is 5.92 Å². The molecule has 1 unspecified atom stereocenters. The van der Waals surface area contributed by atoms with Crippen molar-refractivity contribution >= 4 is 17.2 Å². The average Bonchev–Trinajstić information content (AvgIpc) is 3.03. The number of benzene rings is 1. The molecule has 1 aliphatic carbocycles. The number of nitrogens with two attached hydrogens (primary N) is 1. The van der Waals surface area contributed by atoms with Crippen molar-refractivity contribution in [1.82, 2.24) is 0 Å². The molecule has 0 aromatic heterocycles. The minimum absolute atomic E-state index is 0.0141. The maximum absolute atomic E-state index is 11.3. The summed E-state index contributed by atoms with van der Waals surface area (Å²) in [7, 11) is 0. The summed E-state index contributed by atoms with van der Waals surface area (Å²) < 4.78 is 0. The highest BCUT2D eigenvalue weighted by atomic mass is 16.1. The molecular weight excluding hydrogens is 200 g/mol. The summed E-state index contributed by atoms with van der Waals surface area (Å²) in [6, 6.07) is 6.04. The summed E-state index contributed by atoms with van der Waals surface area (Å²) in [6.45, 7) is 3.72. The number of anilines is 2. The second kappa shape index (κ2) is 4.16. The molecule has 3 nitrogen and oxygen atoms in total. The van der Waals surface area contributed by atoms with Crippen LogP contribution in [0.3, 0.4) is 0 Å². The highest BCUT2D eigenvalue weighted by Gasteiger charge is 2.27. The monoisotopic (exact) mass is 218 g/mol. The van der Waals surface area contributed by atoms with Gasteiger partial charge in [-0.3, -0.25) is 4.79 Å². The summed E-state index contributed by atoms with van der Waals surface area (Å²) in [4.78, 5) is 11.3. The lowest BCUT2D eigenvalue weighted by molar-refractivity contribution is 0.101. The molecule has 0 heterocycles. The van der Waals surface area contributed by atoms with Crippen LogP contribution in [0.2, 0.25) is 0 Å². The molecule has 0 amide bonds. The number of nitrogen functional groups attached to an aromatic ring is 1. The van der Waals surface area contributed by atoms with Gasteiger partial charge in [0, 0.05) is 23.0 Å². The molecule has 1 aromatic rings. The maximum Gasteiger partial charge on any atom is 0.161 e. The summed E-state index contributed by atoms with van der Waals surface area (Å²) in [5, 5.41) is 3.42. The number of Topliss-reactive ketones (excluding diaryl/α,β-unsaturated/α-hetero) is 1. The molecule has 16 heavy (non-hydrogen) atoms. The van der Waals surface area contributed by atoms with Crippen molar-refractivity contribution in [3.05, 3.63) is 23.8 Å². The molecular formula is C13H18N2O. The van der Waals surface area contributed by atoms with Gasteiger partial charge in [-0.1, -0.05) is 0 Å². The minimum atomic E-state index is 0.0141. The third-order valence-corrected chi connectivity index (χ3v) is 3.16. The highest BCUT2D eigenvalue weighted by molar-refractivity contribution is 6.00. The van der Waals surface area contributed by atoms with E-state index in [0.29, 0.717) is 17.3 Å². The third-order valence-electron chi connectivity index (χ3n) is 3.16. The Balaban J connectivity index is 2.15. The number of hydrogen-bond donors (Lipinski definition) is 2. The summed E-state index contributed by atoms with van der Waals surface area (Å²) >= 11 is 0. The first-order valence-corrected chi connectivity index (χ1v) is 5.75. The first-order chi connectivity index (χ1) is 7.58. The van der Waals surface area contributed by atoms with Gasteiger partial charge in [-0.05, 0) is 50.8 Å². The zero-order chi connectivity index (χ0) is 11.7. The fraction of sp³-hybridized carbons (Fsp3) is 0.462. The van der Waals surface area contributed by atoms with Crippen molar-refractivity contribution in [2.45, 2.75) is 32.7 Å². The Hall–Kier alpha value is -1.51. The Morgan fingerprint density at radius 2 is 2.19 bits per heavy atom. The largest absolute Gasteiger partial charge is 0.398 e. The Morgan fingerprint density at radius 3 is 2.75 bits per heavy atom. The summed E-state index contributed by atoms with van der Waals surface area (Å²) in [5.74, 6) is 0.804. The van der Waals surface area contributed by atoms with Gasteiger partial charge in [0.05, 0.1) is 0 Å². The lowest BCUT2D eigenvalue weighted by Gasteiger charge is -2.15. The Kier molecular flexibility index (Phi) is 2.86. The molecule has 0 aliphatic heterocycles. The second-order valence-electron chi connectivity index (χ2n) is 4.63. The smallest absolute Gasteiger partial charge is 0.161 e. The molecule has 3 N–H and O–H groups in total. The summed E-state index contributed by atoms with van der Waals surface area (Å²) in [5.41, 5.74) is 7.89. The predicted octanol–water partition coefficient (Wildman–Crippen LogP) is 2.68. The number of nitrogens with one attached hydrogen (secondary N) is 1. The molecule has 1 fully saturated rings. The van der Waals surface area contributed by atoms with E-state index >= 15 is 0 Å². The number of hydrogen-bond acceptors (Lipinski definition) is 3. The zero-order valence-corrected chi connectivity index (χ0v) is 9.79. The van der Waals surface area contributed by atoms with Gasteiger partial charge in [-0.25, -0.2) is 0 Å². The molecule has 2 rings (SSSR count). The van der Waals surface area contributed by atoms with Gasteiger partial charge in [0.2, 0.25) is 0 Å². The van der Waals surface area contributed by atoms with Gasteiger partial charge in [0.15, 0.2) is 5.78 Å². The highest BCUT2D eigenvalue weighted by Crippen LogP contribution is 2.34. The van der Waals surface area contributed by atoms with Gasteiger partial charge in [0.1, 0.15) is 0 Å². The Bertz CT molecular complexity index is 410. The van der Waals surface area contributed by atoms with Crippen molar-refractivity contribution in [3.8, 4) is 0 Å². The molecule has 1 aromatic carbocycles. The van der Waals surface area contributed by atoms with Crippen LogP contribution in [0.25, 0.3) is 0 Å². The Labute approximate surface area is 96.0 Å². The number of rotatable bonds is 4. The van der Waals surface area contributed by atoms with Gasteiger partial charge in [0.25, 0.3) is 0 Å². The van der Waals surface area contributed by atoms with Crippen molar-refractivity contribution in [1.29, 1.82) is 0 Å². The fourth-order valence-electron chi connectivity index (χ4n) is 1.93. The van der Waals surface area contributed by atoms with Crippen LogP contribution < -0.4 is 11.1 Å². The fourth-order valence-corrected chi connectivity index (χ4v) is 1.93. The maximum atomic E-state index is 11.3. The van der Waals surface area contributed by atoms with Crippen LogP contribution in [0.1, 0.15) is 37.0 Å². The SMILES string of the molecule is CC(=O)c1cc(NC(C)C2CC2)ccc1N. The third kappa shape index (κ3) is 2.35. The van der Waals surface area contributed by atoms with E-state index in [1.165, 1.54) is 12.8 Å². The number of carbonyl (C=O) groups is 1. The van der Waals surface area contributed by atoms with Crippen molar-refractivity contribution < 1.29 is 4.79 Å². The predicted molar refractivity (Wildman–Crippen MR) is 66.7 cm³/mol. The van der Waals surface area contributed by atoms with E-state index in [9.17, 15) is 4.79 Å². The number of carbonyl (C=O) groups excluding carboxylic acids is 1. The lowest BCUT2D eigenvalue weighted by Crippen LogP contribution is -2.17. The number of ketones is 1. The van der Waals surface area contributed by atoms with Crippen LogP contribution in [0.15, 0.2) is 18.2 Å². The van der Waals surface area contributed by atoms with E-state index < -0.39 is 0 Å². The average molecular weight is 218 g/mol. The standard InChI is InChI=1S/C13H18N2O/c1-8(10-3-4-10)15-11-5-6-13(14)12(7-11)9(2)16/h5-8,10,15H,3-4,14H2,1-2H3. The van der Waals surface area contributed by atoms with E-state index in [0.717, 1.165) is 11.6 Å². The van der Waals surface area contributed by atoms with Crippen LogP contribution in [0.4, 0.5) is 11.4 Å². The van der Waals surface area contributed by atoms with E-state index in [1.807, 2.05) is 12.1 Å². The first kappa shape index (κ1) is 11.0. The van der Waals surface area contributed by atoms with Crippen LogP contribution in [0, 0.1) is 5.92 Å². The van der Waals surface area contributed by atoms with Crippen LogP contribution in [-0.2, 0) is 0 Å². The molecule has 0 bridgehead atoms. The molecule has 1 saturated carbocycles. The molecule has 0 spiro atoms. The zero-order valence-electron chi connectivity index (χ0n) is 9.79. The van der Waals surface area contributed by atoms with Crippen LogP contribution in [-0.4, -0.2) is 11.8 Å². The van der Waals surface area contributed by atoms with E-state index in [-0.39, 0.29) is 5.78 Å². The second-order valence-corrected chi connectivity index (χ2v) is 4.63. The molecule has 1 atom stereocenters. The Morgan fingerprint density at radius 1 is 1.50 bits per heavy atom. The van der Waals surface area contributed by atoms with Gasteiger partial charge in [-0.15, -0.1) is 0 Å².